The molecule has 114 valence electrons. The molecule has 3 aromatic rings. The number of fused-ring (bicyclic) bond motifs is 1. The molecule has 3 nitrogen and oxygen atoms in total. The maximum Gasteiger partial charge on any atom is 0.141 e. The summed E-state index contributed by atoms with van der Waals surface area (Å²) in [6, 6.07) is 12.6. The third kappa shape index (κ3) is 2.71. The van der Waals surface area contributed by atoms with Gasteiger partial charge in [-0.1, -0.05) is 37.3 Å². The quantitative estimate of drug-likeness (QED) is 0.727. The van der Waals surface area contributed by atoms with Crippen molar-refractivity contribution in [1.29, 1.82) is 0 Å². The van der Waals surface area contributed by atoms with Crippen LogP contribution in [0.15, 0.2) is 48.8 Å². The maximum atomic E-state index is 6.00. The zero-order valence-corrected chi connectivity index (χ0v) is 13.3. The molecule has 0 aliphatic rings. The third-order valence-electron chi connectivity index (χ3n) is 3.91. The van der Waals surface area contributed by atoms with Gasteiger partial charge < -0.3 is 9.72 Å². The molecule has 0 radical (unpaired) electrons. The lowest BCUT2D eigenvalue weighted by molar-refractivity contribution is 0.245. The van der Waals surface area contributed by atoms with Crippen molar-refractivity contribution in [3.05, 3.63) is 59.9 Å². The van der Waals surface area contributed by atoms with Gasteiger partial charge in [0.05, 0.1) is 11.5 Å². The van der Waals surface area contributed by atoms with E-state index in [0.29, 0.717) is 5.92 Å². The number of rotatable bonds is 5. The Morgan fingerprint density at radius 2 is 1.91 bits per heavy atom. The molecule has 0 spiro atoms. The Labute approximate surface area is 131 Å². The fraction of sp³-hybridized carbons (Fsp3) is 0.316. The van der Waals surface area contributed by atoms with Gasteiger partial charge in [-0.2, -0.15) is 0 Å². The number of H-pyrrole nitrogens is 1. The highest BCUT2D eigenvalue weighted by Gasteiger charge is 2.19. The Balaban J connectivity index is 2.13. The number of nitrogens with zero attached hydrogens (tertiary/aromatic N) is 1. The van der Waals surface area contributed by atoms with E-state index < -0.39 is 0 Å². The number of aromatic nitrogens is 2. The van der Waals surface area contributed by atoms with Gasteiger partial charge in [0.25, 0.3) is 0 Å². The molecule has 0 saturated heterocycles. The molecule has 22 heavy (non-hydrogen) atoms. The second-order valence-electron chi connectivity index (χ2n) is 5.81. The summed E-state index contributed by atoms with van der Waals surface area (Å²) in [5.41, 5.74) is 3.47. The van der Waals surface area contributed by atoms with Crippen LogP contribution < -0.4 is 4.74 Å². The van der Waals surface area contributed by atoms with E-state index in [1.54, 1.807) is 6.20 Å². The molecular formula is C19H22N2O. The van der Waals surface area contributed by atoms with Crippen LogP contribution in [0, 0.1) is 0 Å². The Bertz CT molecular complexity index is 746. The van der Waals surface area contributed by atoms with Crippen molar-refractivity contribution in [3.8, 4) is 5.75 Å². The molecule has 0 amide bonds. The molecule has 1 aromatic carbocycles. The summed E-state index contributed by atoms with van der Waals surface area (Å²) in [7, 11) is 0. The summed E-state index contributed by atoms with van der Waals surface area (Å²) in [5.74, 6) is 1.25. The van der Waals surface area contributed by atoms with Crippen molar-refractivity contribution in [2.45, 2.75) is 39.2 Å². The summed E-state index contributed by atoms with van der Waals surface area (Å²) in [5, 5.41) is 1.10. The Kier molecular flexibility index (Phi) is 4.14. The van der Waals surface area contributed by atoms with Gasteiger partial charge in [-0.05, 0) is 37.5 Å². The molecule has 3 rings (SSSR count). The molecule has 0 aliphatic carbocycles. The first kappa shape index (κ1) is 14.6. The lowest BCUT2D eigenvalue weighted by atomic mass is 9.89. The van der Waals surface area contributed by atoms with Gasteiger partial charge >= 0.3 is 0 Å². The first-order chi connectivity index (χ1) is 10.7. The van der Waals surface area contributed by atoms with Crippen LogP contribution >= 0.6 is 0 Å². The number of aromatic amines is 1. The third-order valence-corrected chi connectivity index (χ3v) is 3.91. The number of pyridine rings is 1. The van der Waals surface area contributed by atoms with E-state index in [9.17, 15) is 0 Å². The second kappa shape index (κ2) is 6.22. The SMILES string of the molecule is CC[C@H](c1ccccc1)c1c[nH]c2nccc(OC(C)C)c12. The minimum atomic E-state index is 0.144. The first-order valence-corrected chi connectivity index (χ1v) is 7.88. The van der Waals surface area contributed by atoms with Crippen LogP contribution in [0.3, 0.4) is 0 Å². The second-order valence-corrected chi connectivity index (χ2v) is 5.81. The van der Waals surface area contributed by atoms with E-state index in [2.05, 4.69) is 53.4 Å². The van der Waals surface area contributed by atoms with Crippen LogP contribution in [0.25, 0.3) is 11.0 Å². The molecule has 0 saturated carbocycles. The van der Waals surface area contributed by atoms with Crippen molar-refractivity contribution in [1.82, 2.24) is 9.97 Å². The van der Waals surface area contributed by atoms with Crippen LogP contribution in [0.2, 0.25) is 0 Å². The number of hydrogen-bond acceptors (Lipinski definition) is 2. The normalized spacial score (nSPS) is 12.7. The topological polar surface area (TPSA) is 37.9 Å². The van der Waals surface area contributed by atoms with Gasteiger partial charge in [-0.15, -0.1) is 0 Å². The molecule has 3 heteroatoms. The van der Waals surface area contributed by atoms with Crippen molar-refractivity contribution in [2.24, 2.45) is 0 Å². The Morgan fingerprint density at radius 3 is 2.59 bits per heavy atom. The van der Waals surface area contributed by atoms with Crippen molar-refractivity contribution in [2.75, 3.05) is 0 Å². The molecule has 0 bridgehead atoms. The lowest BCUT2D eigenvalue weighted by Crippen LogP contribution is -2.07. The molecule has 2 heterocycles. The zero-order valence-electron chi connectivity index (χ0n) is 13.3. The fourth-order valence-corrected chi connectivity index (χ4v) is 3.00. The van der Waals surface area contributed by atoms with Crippen LogP contribution in [-0.4, -0.2) is 16.1 Å². The number of ether oxygens (including phenoxy) is 1. The van der Waals surface area contributed by atoms with Gasteiger partial charge in [0.2, 0.25) is 0 Å². The van der Waals surface area contributed by atoms with Crippen molar-refractivity contribution < 1.29 is 4.74 Å². The number of benzene rings is 1. The summed E-state index contributed by atoms with van der Waals surface area (Å²) >= 11 is 0. The minimum absolute atomic E-state index is 0.144. The summed E-state index contributed by atoms with van der Waals surface area (Å²) in [6.45, 7) is 6.32. The first-order valence-electron chi connectivity index (χ1n) is 7.88. The maximum absolute atomic E-state index is 6.00. The molecule has 0 unspecified atom stereocenters. The van der Waals surface area contributed by atoms with E-state index in [4.69, 9.17) is 4.74 Å². The fourth-order valence-electron chi connectivity index (χ4n) is 3.00. The van der Waals surface area contributed by atoms with Crippen LogP contribution in [0.1, 0.15) is 44.2 Å². The van der Waals surface area contributed by atoms with Gasteiger partial charge in [-0.25, -0.2) is 4.98 Å². The summed E-state index contributed by atoms with van der Waals surface area (Å²) < 4.78 is 6.00. The van der Waals surface area contributed by atoms with Crippen molar-refractivity contribution in [3.63, 3.8) is 0 Å². The van der Waals surface area contributed by atoms with Gasteiger partial charge in [0.15, 0.2) is 0 Å². The molecular weight excluding hydrogens is 272 g/mol. The average molecular weight is 294 g/mol. The van der Waals surface area contributed by atoms with E-state index in [1.165, 1.54) is 11.1 Å². The van der Waals surface area contributed by atoms with Gasteiger partial charge in [-0.3, -0.25) is 0 Å². The largest absolute Gasteiger partial charge is 0.490 e. The highest BCUT2D eigenvalue weighted by atomic mass is 16.5. The standard InChI is InChI=1S/C19H22N2O/c1-4-15(14-8-6-5-7-9-14)16-12-21-19-18(16)17(10-11-20-19)22-13(2)3/h5-13,15H,4H2,1-3H3,(H,20,21)/t15-/m1/s1. The lowest BCUT2D eigenvalue weighted by Gasteiger charge is -2.17. The molecule has 2 aromatic heterocycles. The smallest absolute Gasteiger partial charge is 0.141 e. The molecule has 1 N–H and O–H groups in total. The minimum Gasteiger partial charge on any atom is -0.490 e. The number of nitrogens with one attached hydrogen (secondary N) is 1. The average Bonchev–Trinajstić information content (AvgIpc) is 2.94. The van der Waals surface area contributed by atoms with Crippen LogP contribution in [0.5, 0.6) is 5.75 Å². The number of hydrogen-bond donors (Lipinski definition) is 1. The molecule has 0 aliphatic heterocycles. The van der Waals surface area contributed by atoms with Gasteiger partial charge in [0, 0.05) is 18.3 Å². The van der Waals surface area contributed by atoms with E-state index >= 15 is 0 Å². The highest BCUT2D eigenvalue weighted by molar-refractivity contribution is 5.87. The van der Waals surface area contributed by atoms with Crippen molar-refractivity contribution >= 4 is 11.0 Å². The summed E-state index contributed by atoms with van der Waals surface area (Å²) in [4.78, 5) is 7.74. The zero-order chi connectivity index (χ0) is 15.5. The molecule has 0 fully saturated rings. The highest BCUT2D eigenvalue weighted by Crippen LogP contribution is 2.37. The van der Waals surface area contributed by atoms with Gasteiger partial charge in [0.1, 0.15) is 11.4 Å². The van der Waals surface area contributed by atoms with Crippen LogP contribution in [-0.2, 0) is 0 Å². The van der Waals surface area contributed by atoms with E-state index in [0.717, 1.165) is 23.2 Å². The predicted octanol–water partition coefficient (Wildman–Crippen LogP) is 4.89. The Hall–Kier alpha value is -2.29. The predicted molar refractivity (Wildman–Crippen MR) is 90.4 cm³/mol. The van der Waals surface area contributed by atoms with Crippen LogP contribution in [0.4, 0.5) is 0 Å². The summed E-state index contributed by atoms with van der Waals surface area (Å²) in [6.07, 6.45) is 5.05. The van der Waals surface area contributed by atoms with E-state index in [1.807, 2.05) is 19.9 Å². The molecule has 1 atom stereocenters. The Morgan fingerprint density at radius 1 is 1.14 bits per heavy atom. The monoisotopic (exact) mass is 294 g/mol. The van der Waals surface area contributed by atoms with E-state index in [-0.39, 0.29) is 6.10 Å².